The van der Waals surface area contributed by atoms with Crippen LogP contribution in [0.25, 0.3) is 5.65 Å². The van der Waals surface area contributed by atoms with Crippen molar-refractivity contribution in [1.29, 1.82) is 0 Å². The van der Waals surface area contributed by atoms with Crippen molar-refractivity contribution in [2.24, 2.45) is 5.73 Å². The lowest BCUT2D eigenvalue weighted by Crippen LogP contribution is -2.30. The van der Waals surface area contributed by atoms with Crippen molar-refractivity contribution >= 4 is 23.4 Å². The largest absolute Gasteiger partial charge is 0.448 e. The second-order valence-electron chi connectivity index (χ2n) is 6.86. The van der Waals surface area contributed by atoms with E-state index in [1.807, 2.05) is 19.1 Å². The van der Waals surface area contributed by atoms with Gasteiger partial charge in [0.2, 0.25) is 5.95 Å². The fourth-order valence-electron chi connectivity index (χ4n) is 2.88. The summed E-state index contributed by atoms with van der Waals surface area (Å²) in [5, 5.41) is 10.1. The summed E-state index contributed by atoms with van der Waals surface area (Å²) in [6.07, 6.45) is 0.826. The second kappa shape index (κ2) is 7.91. The van der Waals surface area contributed by atoms with Crippen molar-refractivity contribution in [3.8, 4) is 0 Å². The first kappa shape index (κ1) is 19.5. The van der Waals surface area contributed by atoms with Crippen LogP contribution in [0.1, 0.15) is 30.1 Å². The Kier molecular flexibility index (Phi) is 5.15. The number of nitrogens with one attached hydrogen (secondary N) is 2. The molecule has 1 aromatic carbocycles. The van der Waals surface area contributed by atoms with Gasteiger partial charge in [0.15, 0.2) is 17.7 Å². The maximum absolute atomic E-state index is 13.4. The maximum Gasteiger partial charge on any atom is 0.323 e. The lowest BCUT2D eigenvalue weighted by molar-refractivity contribution is -0.149. The minimum atomic E-state index is -0.967. The minimum absolute atomic E-state index is 0.219. The molecule has 9 nitrogen and oxygen atoms in total. The van der Waals surface area contributed by atoms with Crippen molar-refractivity contribution < 1.29 is 13.9 Å². The summed E-state index contributed by atoms with van der Waals surface area (Å²) < 4.78 is 20.8. The van der Waals surface area contributed by atoms with E-state index in [4.69, 9.17) is 10.5 Å². The first-order valence-corrected chi connectivity index (χ1v) is 9.26. The molecule has 0 aliphatic carbocycles. The topological polar surface area (TPSA) is 123 Å². The van der Waals surface area contributed by atoms with Gasteiger partial charge in [-0.2, -0.15) is 10.1 Å². The van der Waals surface area contributed by atoms with Crippen LogP contribution in [0, 0.1) is 12.7 Å². The molecule has 1 unspecified atom stereocenters. The molecule has 10 heteroatoms. The van der Waals surface area contributed by atoms with E-state index in [1.54, 1.807) is 16.7 Å². The first-order valence-electron chi connectivity index (χ1n) is 9.26. The molecule has 0 aliphatic rings. The van der Waals surface area contributed by atoms with E-state index >= 15 is 0 Å². The number of carbonyl (C=O) groups excluding carboxylic acids is 1. The van der Waals surface area contributed by atoms with Gasteiger partial charge in [0.1, 0.15) is 17.5 Å². The van der Waals surface area contributed by atoms with Crippen LogP contribution < -0.4 is 11.1 Å². The van der Waals surface area contributed by atoms with Crippen LogP contribution in [0.3, 0.4) is 0 Å². The Bertz CT molecular complexity index is 1180. The molecule has 3 aromatic heterocycles. The van der Waals surface area contributed by atoms with Gasteiger partial charge in [-0.1, -0.05) is 12.1 Å². The molecule has 30 heavy (non-hydrogen) atoms. The summed E-state index contributed by atoms with van der Waals surface area (Å²) >= 11 is 0. The molecule has 0 radical (unpaired) electrons. The molecule has 0 amide bonds. The summed E-state index contributed by atoms with van der Waals surface area (Å²) in [5.41, 5.74) is 7.65. The third-order valence-electron chi connectivity index (χ3n) is 4.36. The summed E-state index contributed by atoms with van der Waals surface area (Å²) in [7, 11) is 0. The number of aromatic amines is 1. The first-order chi connectivity index (χ1) is 14.4. The molecular weight excluding hydrogens is 389 g/mol. The van der Waals surface area contributed by atoms with Gasteiger partial charge in [-0.25, -0.2) is 9.37 Å². The summed E-state index contributed by atoms with van der Waals surface area (Å²) in [4.78, 5) is 21.3. The molecule has 0 bridgehead atoms. The normalized spacial score (nSPS) is 13.2. The number of halogens is 1. The molecule has 0 saturated heterocycles. The molecule has 0 aliphatic heterocycles. The molecule has 2 atom stereocenters. The zero-order chi connectivity index (χ0) is 21.3. The highest BCUT2D eigenvalue weighted by atomic mass is 19.1. The van der Waals surface area contributed by atoms with Gasteiger partial charge >= 0.3 is 5.97 Å². The van der Waals surface area contributed by atoms with E-state index in [0.717, 1.165) is 5.69 Å². The van der Waals surface area contributed by atoms with Crippen molar-refractivity contribution in [3.05, 3.63) is 71.6 Å². The third kappa shape index (κ3) is 3.98. The minimum Gasteiger partial charge on any atom is -0.448 e. The van der Waals surface area contributed by atoms with Crippen LogP contribution >= 0.6 is 0 Å². The Morgan fingerprint density at radius 1 is 1.27 bits per heavy atom. The fourth-order valence-corrected chi connectivity index (χ4v) is 2.88. The van der Waals surface area contributed by atoms with Gasteiger partial charge in [0.25, 0.3) is 0 Å². The van der Waals surface area contributed by atoms with Crippen LogP contribution in [0.2, 0.25) is 0 Å². The number of ether oxygens (including phenoxy) is 1. The lowest BCUT2D eigenvalue weighted by atomic mass is 10.1. The van der Waals surface area contributed by atoms with Gasteiger partial charge in [-0.3, -0.25) is 14.3 Å². The van der Waals surface area contributed by atoms with Crippen LogP contribution in [0.4, 0.5) is 16.2 Å². The van der Waals surface area contributed by atoms with Crippen molar-refractivity contribution in [2.75, 3.05) is 5.32 Å². The Hall–Kier alpha value is -3.79. The highest BCUT2D eigenvalue weighted by molar-refractivity contribution is 5.75. The highest BCUT2D eigenvalue weighted by Crippen LogP contribution is 2.27. The number of fused-ring (bicyclic) bond motifs is 1. The van der Waals surface area contributed by atoms with Crippen LogP contribution in [0.5, 0.6) is 0 Å². The van der Waals surface area contributed by atoms with E-state index in [2.05, 4.69) is 25.5 Å². The number of rotatable bonds is 6. The number of benzene rings is 1. The maximum atomic E-state index is 13.4. The molecular formula is C20H20FN7O2. The second-order valence-corrected chi connectivity index (χ2v) is 6.86. The molecule has 4 rings (SSSR count). The number of nitrogens with zero attached hydrogens (tertiary/aromatic N) is 4. The number of hydrogen-bond donors (Lipinski definition) is 3. The quantitative estimate of drug-likeness (QED) is 0.418. The third-order valence-corrected chi connectivity index (χ3v) is 4.36. The van der Waals surface area contributed by atoms with Gasteiger partial charge in [-0.15, -0.1) is 0 Å². The summed E-state index contributed by atoms with van der Waals surface area (Å²) in [6.45, 7) is 3.40. The van der Waals surface area contributed by atoms with Crippen molar-refractivity contribution in [2.45, 2.75) is 26.0 Å². The number of carbonyl (C=O) groups is 1. The van der Waals surface area contributed by atoms with E-state index in [1.165, 1.54) is 31.2 Å². The van der Waals surface area contributed by atoms with Crippen LogP contribution in [0.15, 0.2) is 48.7 Å². The predicted molar refractivity (Wildman–Crippen MR) is 108 cm³/mol. The molecule has 4 N–H and O–H groups in total. The van der Waals surface area contributed by atoms with Crippen LogP contribution in [-0.4, -0.2) is 36.6 Å². The Labute approximate surface area is 171 Å². The molecule has 154 valence electrons. The predicted octanol–water partition coefficient (Wildman–Crippen LogP) is 2.62. The van der Waals surface area contributed by atoms with E-state index < -0.39 is 23.9 Å². The monoisotopic (exact) mass is 409 g/mol. The fraction of sp³-hybridized carbons (Fsp3) is 0.200. The standard InChI is InChI=1S/C20H20FN7O2/c1-11-10-15(27-26-11)23-20-25-18(24-16-4-3-9-28(16)20)17(30-19(29)12(2)22)13-5-7-14(21)8-6-13/h3-10,12,17H,22H2,1-2H3,(H2,23,24,25,26,27)/t12?,17-/m1/s1. The summed E-state index contributed by atoms with van der Waals surface area (Å²) in [6, 6.07) is 10.2. The SMILES string of the molecule is Cc1cc(Nc2nc([C@H](OC(=O)C(C)N)c3ccc(F)cc3)nc3cccn23)n[nH]1. The Morgan fingerprint density at radius 3 is 2.70 bits per heavy atom. The van der Waals surface area contributed by atoms with Crippen molar-refractivity contribution in [3.63, 3.8) is 0 Å². The number of hydrogen-bond acceptors (Lipinski definition) is 7. The summed E-state index contributed by atoms with van der Waals surface area (Å²) in [5.74, 6) is 0.181. The molecule has 0 fully saturated rings. The zero-order valence-corrected chi connectivity index (χ0v) is 16.3. The van der Waals surface area contributed by atoms with E-state index in [-0.39, 0.29) is 5.82 Å². The molecule has 0 saturated carbocycles. The van der Waals surface area contributed by atoms with Gasteiger partial charge < -0.3 is 15.8 Å². The van der Waals surface area contributed by atoms with Gasteiger partial charge in [0.05, 0.1) is 0 Å². The number of H-pyrrole nitrogens is 1. The van der Waals surface area contributed by atoms with Gasteiger partial charge in [-0.05, 0) is 38.1 Å². The van der Waals surface area contributed by atoms with E-state index in [9.17, 15) is 9.18 Å². The Morgan fingerprint density at radius 2 is 2.03 bits per heavy atom. The average Bonchev–Trinajstić information content (AvgIpc) is 3.35. The zero-order valence-electron chi connectivity index (χ0n) is 16.3. The smallest absolute Gasteiger partial charge is 0.323 e. The lowest BCUT2D eigenvalue weighted by Gasteiger charge is -2.19. The van der Waals surface area contributed by atoms with Gasteiger partial charge in [0, 0.05) is 23.5 Å². The van der Waals surface area contributed by atoms with E-state index in [0.29, 0.717) is 23.0 Å². The number of esters is 1. The number of aromatic nitrogens is 5. The highest BCUT2D eigenvalue weighted by Gasteiger charge is 2.25. The average molecular weight is 409 g/mol. The Balaban J connectivity index is 1.80. The van der Waals surface area contributed by atoms with Crippen molar-refractivity contribution in [1.82, 2.24) is 24.6 Å². The molecule has 4 aromatic rings. The number of anilines is 2. The molecule has 3 heterocycles. The number of nitrogens with two attached hydrogens (primary N) is 1. The molecule has 0 spiro atoms. The number of aryl methyl sites for hydroxylation is 1. The van der Waals surface area contributed by atoms with Crippen LogP contribution in [-0.2, 0) is 9.53 Å².